The molecule has 0 bridgehead atoms. The molecule has 1 aromatic carbocycles. The fraction of sp³-hybridized carbons (Fsp3) is 0.400. The molecule has 0 unspecified atom stereocenters. The highest BCUT2D eigenvalue weighted by molar-refractivity contribution is 5.35. The zero-order chi connectivity index (χ0) is 9.84. The Morgan fingerprint density at radius 1 is 1.54 bits per heavy atom. The Morgan fingerprint density at radius 3 is 2.77 bits per heavy atom. The summed E-state index contributed by atoms with van der Waals surface area (Å²) in [4.78, 5) is 0. The van der Waals surface area contributed by atoms with Crippen LogP contribution >= 0.6 is 0 Å². The van der Waals surface area contributed by atoms with E-state index in [0.717, 1.165) is 0 Å². The van der Waals surface area contributed by atoms with Crippen LogP contribution in [0.3, 0.4) is 0 Å². The van der Waals surface area contributed by atoms with Crippen molar-refractivity contribution in [2.24, 2.45) is 0 Å². The van der Waals surface area contributed by atoms with Gasteiger partial charge in [-0.05, 0) is 24.6 Å². The molecule has 0 heterocycles. The summed E-state index contributed by atoms with van der Waals surface area (Å²) >= 11 is 0. The second kappa shape index (κ2) is 4.23. The molecule has 1 N–H and O–H groups in total. The maximum atomic E-state index is 12.8. The lowest BCUT2D eigenvalue weighted by molar-refractivity contribution is 0.169. The van der Waals surface area contributed by atoms with Gasteiger partial charge in [0.2, 0.25) is 0 Å². The molecule has 1 aromatic rings. The van der Waals surface area contributed by atoms with Crippen molar-refractivity contribution in [3.63, 3.8) is 0 Å². The molecule has 72 valence electrons. The molecular formula is C10H13FO2. The van der Waals surface area contributed by atoms with Crippen LogP contribution in [0.5, 0.6) is 5.75 Å². The van der Waals surface area contributed by atoms with Crippen molar-refractivity contribution in [3.05, 3.63) is 29.6 Å². The Hall–Kier alpha value is -1.09. The molecule has 0 saturated heterocycles. The van der Waals surface area contributed by atoms with E-state index in [1.165, 1.54) is 25.3 Å². The van der Waals surface area contributed by atoms with Crippen LogP contribution in [0.1, 0.15) is 25.0 Å². The van der Waals surface area contributed by atoms with Gasteiger partial charge in [0.15, 0.2) is 0 Å². The lowest BCUT2D eigenvalue weighted by atomic mass is 10.1. The van der Waals surface area contributed by atoms with E-state index in [0.29, 0.717) is 17.7 Å². The minimum Gasteiger partial charge on any atom is -0.496 e. The quantitative estimate of drug-likeness (QED) is 0.780. The number of ether oxygens (including phenoxy) is 1. The third kappa shape index (κ3) is 2.18. The number of aliphatic hydroxyl groups is 1. The van der Waals surface area contributed by atoms with Crippen molar-refractivity contribution < 1.29 is 14.2 Å². The van der Waals surface area contributed by atoms with Gasteiger partial charge >= 0.3 is 0 Å². The van der Waals surface area contributed by atoms with Crippen LogP contribution in [0.15, 0.2) is 18.2 Å². The predicted octanol–water partition coefficient (Wildman–Crippen LogP) is 2.28. The molecule has 0 spiro atoms. The lowest BCUT2D eigenvalue weighted by Crippen LogP contribution is -1.99. The minimum absolute atomic E-state index is 0.358. The second-order valence-corrected chi connectivity index (χ2v) is 2.81. The third-order valence-corrected chi connectivity index (χ3v) is 1.94. The number of halogens is 1. The van der Waals surface area contributed by atoms with Gasteiger partial charge in [-0.3, -0.25) is 0 Å². The summed E-state index contributed by atoms with van der Waals surface area (Å²) in [6, 6.07) is 4.13. The predicted molar refractivity (Wildman–Crippen MR) is 48.2 cm³/mol. The highest BCUT2D eigenvalue weighted by Crippen LogP contribution is 2.27. The van der Waals surface area contributed by atoms with Crippen LogP contribution in [-0.4, -0.2) is 12.2 Å². The molecule has 13 heavy (non-hydrogen) atoms. The summed E-state index contributed by atoms with van der Waals surface area (Å²) in [5.41, 5.74) is 0.505. The topological polar surface area (TPSA) is 29.5 Å². The zero-order valence-corrected chi connectivity index (χ0v) is 7.75. The average Bonchev–Trinajstić information content (AvgIpc) is 2.16. The van der Waals surface area contributed by atoms with Crippen LogP contribution < -0.4 is 4.74 Å². The zero-order valence-electron chi connectivity index (χ0n) is 7.75. The molecule has 1 rings (SSSR count). The first-order valence-electron chi connectivity index (χ1n) is 4.20. The molecule has 0 aliphatic rings. The average molecular weight is 184 g/mol. The number of rotatable bonds is 3. The molecule has 0 fully saturated rings. The van der Waals surface area contributed by atoms with Crippen molar-refractivity contribution in [1.29, 1.82) is 0 Å². The molecule has 1 atom stereocenters. The van der Waals surface area contributed by atoms with Gasteiger partial charge in [0, 0.05) is 5.56 Å². The molecule has 2 nitrogen and oxygen atoms in total. The molecular weight excluding hydrogens is 171 g/mol. The van der Waals surface area contributed by atoms with Crippen molar-refractivity contribution >= 4 is 0 Å². The maximum absolute atomic E-state index is 12.8. The summed E-state index contributed by atoms with van der Waals surface area (Å²) in [7, 11) is 1.50. The van der Waals surface area contributed by atoms with Gasteiger partial charge in [-0.1, -0.05) is 6.92 Å². The Bertz CT molecular complexity index is 286. The van der Waals surface area contributed by atoms with E-state index in [4.69, 9.17) is 4.74 Å². The molecule has 3 heteroatoms. The van der Waals surface area contributed by atoms with E-state index < -0.39 is 6.10 Å². The highest BCUT2D eigenvalue weighted by atomic mass is 19.1. The van der Waals surface area contributed by atoms with Crippen molar-refractivity contribution in [2.45, 2.75) is 19.4 Å². The fourth-order valence-electron chi connectivity index (χ4n) is 1.19. The second-order valence-electron chi connectivity index (χ2n) is 2.81. The van der Waals surface area contributed by atoms with Crippen molar-refractivity contribution in [1.82, 2.24) is 0 Å². The summed E-state index contributed by atoms with van der Waals surface area (Å²) in [5.74, 6) is 0.166. The van der Waals surface area contributed by atoms with E-state index in [9.17, 15) is 9.50 Å². The van der Waals surface area contributed by atoms with Gasteiger partial charge in [0.05, 0.1) is 13.2 Å². The minimum atomic E-state index is -0.661. The summed E-state index contributed by atoms with van der Waals surface area (Å²) in [5, 5.41) is 9.52. The molecule has 0 saturated carbocycles. The summed E-state index contributed by atoms with van der Waals surface area (Å²) in [6.45, 7) is 1.83. The van der Waals surface area contributed by atoms with Crippen molar-refractivity contribution in [2.75, 3.05) is 7.11 Å². The first-order chi connectivity index (χ1) is 6.19. The first-order valence-corrected chi connectivity index (χ1v) is 4.20. The van der Waals surface area contributed by atoms with E-state index in [2.05, 4.69) is 0 Å². The van der Waals surface area contributed by atoms with Crippen LogP contribution in [0, 0.1) is 5.82 Å². The number of hydrogen-bond donors (Lipinski definition) is 1. The van der Waals surface area contributed by atoms with E-state index in [1.54, 1.807) is 0 Å². The highest BCUT2D eigenvalue weighted by Gasteiger charge is 2.11. The van der Waals surface area contributed by atoms with Crippen LogP contribution in [0.2, 0.25) is 0 Å². The van der Waals surface area contributed by atoms with E-state index >= 15 is 0 Å². The molecule has 0 aliphatic carbocycles. The number of hydrogen-bond acceptors (Lipinski definition) is 2. The smallest absolute Gasteiger partial charge is 0.124 e. The van der Waals surface area contributed by atoms with E-state index in [1.807, 2.05) is 6.92 Å². The number of benzene rings is 1. The van der Waals surface area contributed by atoms with E-state index in [-0.39, 0.29) is 5.82 Å². The summed E-state index contributed by atoms with van der Waals surface area (Å²) in [6.07, 6.45) is -0.120. The molecule has 0 amide bonds. The third-order valence-electron chi connectivity index (χ3n) is 1.94. The van der Waals surface area contributed by atoms with Crippen LogP contribution in [0.4, 0.5) is 4.39 Å². The fourth-order valence-corrected chi connectivity index (χ4v) is 1.19. The van der Waals surface area contributed by atoms with Gasteiger partial charge < -0.3 is 9.84 Å². The SMILES string of the molecule is CC[C@@H](O)c1cc(F)ccc1OC. The lowest BCUT2D eigenvalue weighted by Gasteiger charge is -2.12. The number of methoxy groups -OCH3 is 1. The first kappa shape index (κ1) is 9.99. The van der Waals surface area contributed by atoms with Crippen molar-refractivity contribution in [3.8, 4) is 5.75 Å². The Kier molecular flexibility index (Phi) is 3.25. The maximum Gasteiger partial charge on any atom is 0.124 e. The Balaban J connectivity index is 3.07. The molecule has 0 aliphatic heterocycles. The Labute approximate surface area is 77.0 Å². The van der Waals surface area contributed by atoms with Crippen LogP contribution in [-0.2, 0) is 0 Å². The van der Waals surface area contributed by atoms with Gasteiger partial charge in [-0.25, -0.2) is 4.39 Å². The molecule has 0 radical (unpaired) electrons. The molecule has 0 aromatic heterocycles. The van der Waals surface area contributed by atoms with Gasteiger partial charge in [0.25, 0.3) is 0 Å². The largest absolute Gasteiger partial charge is 0.496 e. The number of aliphatic hydroxyl groups excluding tert-OH is 1. The van der Waals surface area contributed by atoms with Gasteiger partial charge in [0.1, 0.15) is 11.6 Å². The summed E-state index contributed by atoms with van der Waals surface area (Å²) < 4.78 is 17.8. The monoisotopic (exact) mass is 184 g/mol. The van der Waals surface area contributed by atoms with Gasteiger partial charge in [-0.2, -0.15) is 0 Å². The van der Waals surface area contributed by atoms with Crippen LogP contribution in [0.25, 0.3) is 0 Å². The van der Waals surface area contributed by atoms with Gasteiger partial charge in [-0.15, -0.1) is 0 Å². The standard InChI is InChI=1S/C10H13FO2/c1-3-9(12)8-6-7(11)4-5-10(8)13-2/h4-6,9,12H,3H2,1-2H3/t9-/m1/s1. The normalized spacial score (nSPS) is 12.6. The Morgan fingerprint density at radius 2 is 2.23 bits per heavy atom.